The van der Waals surface area contributed by atoms with Crippen molar-refractivity contribution < 1.29 is 13.9 Å². The Bertz CT molecular complexity index is 680. The maximum atomic E-state index is 13.8. The van der Waals surface area contributed by atoms with Gasteiger partial charge in [-0.3, -0.25) is 4.79 Å². The Morgan fingerprint density at radius 1 is 1.50 bits per heavy atom. The lowest BCUT2D eigenvalue weighted by Crippen LogP contribution is -2.23. The Hall–Kier alpha value is -1.69. The van der Waals surface area contributed by atoms with Crippen molar-refractivity contribution in [2.45, 2.75) is 18.3 Å². The molecule has 0 amide bonds. The first-order valence-electron chi connectivity index (χ1n) is 6.16. The molecule has 6 heteroatoms. The highest BCUT2D eigenvalue weighted by molar-refractivity contribution is 9.10. The van der Waals surface area contributed by atoms with E-state index in [0.29, 0.717) is 29.9 Å². The van der Waals surface area contributed by atoms with E-state index in [1.54, 1.807) is 18.3 Å². The van der Waals surface area contributed by atoms with Crippen LogP contribution in [0.2, 0.25) is 0 Å². The molecule has 20 heavy (non-hydrogen) atoms. The van der Waals surface area contributed by atoms with E-state index in [1.807, 2.05) is 0 Å². The fraction of sp³-hybridized carbons (Fsp3) is 0.286. The van der Waals surface area contributed by atoms with Crippen LogP contribution in [0.1, 0.15) is 18.7 Å². The van der Waals surface area contributed by atoms with Crippen molar-refractivity contribution in [2.24, 2.45) is 0 Å². The summed E-state index contributed by atoms with van der Waals surface area (Å²) >= 11 is 3.31. The van der Waals surface area contributed by atoms with Crippen LogP contribution < -0.4 is 0 Å². The minimum absolute atomic E-state index is 0.298. The van der Waals surface area contributed by atoms with Gasteiger partial charge in [0.25, 0.3) is 0 Å². The van der Waals surface area contributed by atoms with E-state index < -0.39 is 5.41 Å². The maximum Gasteiger partial charge on any atom is 0.319 e. The van der Waals surface area contributed by atoms with Crippen LogP contribution in [-0.4, -0.2) is 23.0 Å². The number of methoxy groups -OCH3 is 1. The van der Waals surface area contributed by atoms with E-state index >= 15 is 0 Å². The zero-order valence-corrected chi connectivity index (χ0v) is 12.3. The standard InChI is InChI=1S/C14H12BrFN2O2/c1-20-13(19)14(4-5-14)12-17-7-11(18-12)9-6-8(15)2-3-10(9)16/h2-3,6-7H,4-5H2,1H3,(H,17,18). The van der Waals surface area contributed by atoms with Gasteiger partial charge in [-0.2, -0.15) is 0 Å². The minimum Gasteiger partial charge on any atom is -0.468 e. The Labute approximate surface area is 123 Å². The normalized spacial score (nSPS) is 15.9. The van der Waals surface area contributed by atoms with E-state index in [4.69, 9.17) is 4.74 Å². The summed E-state index contributed by atoms with van der Waals surface area (Å²) in [6.07, 6.45) is 2.95. The predicted octanol–water partition coefficient (Wildman–Crippen LogP) is 3.18. The molecule has 1 N–H and O–H groups in total. The third-order valence-electron chi connectivity index (χ3n) is 3.57. The summed E-state index contributed by atoms with van der Waals surface area (Å²) in [4.78, 5) is 19.1. The molecule has 1 fully saturated rings. The fourth-order valence-electron chi connectivity index (χ4n) is 2.26. The second-order valence-corrected chi connectivity index (χ2v) is 5.76. The van der Waals surface area contributed by atoms with Gasteiger partial charge in [0.2, 0.25) is 0 Å². The highest BCUT2D eigenvalue weighted by Crippen LogP contribution is 2.48. The quantitative estimate of drug-likeness (QED) is 0.874. The number of hydrogen-bond donors (Lipinski definition) is 1. The van der Waals surface area contributed by atoms with Gasteiger partial charge in [-0.05, 0) is 31.0 Å². The molecule has 4 nitrogen and oxygen atoms in total. The molecule has 2 aromatic rings. The van der Waals surface area contributed by atoms with Gasteiger partial charge < -0.3 is 9.72 Å². The van der Waals surface area contributed by atoms with Gasteiger partial charge >= 0.3 is 5.97 Å². The lowest BCUT2D eigenvalue weighted by molar-refractivity contribution is -0.143. The molecular weight excluding hydrogens is 327 g/mol. The SMILES string of the molecule is COC(=O)C1(c2ncc(-c3cc(Br)ccc3F)[nH]2)CC1. The molecule has 0 radical (unpaired) electrons. The minimum atomic E-state index is -0.671. The largest absolute Gasteiger partial charge is 0.468 e. The highest BCUT2D eigenvalue weighted by Gasteiger charge is 2.55. The molecule has 1 saturated carbocycles. The molecule has 104 valence electrons. The molecular formula is C14H12BrFN2O2. The number of rotatable bonds is 3. The van der Waals surface area contributed by atoms with E-state index in [9.17, 15) is 9.18 Å². The molecule has 0 saturated heterocycles. The van der Waals surface area contributed by atoms with Crippen LogP contribution in [0.3, 0.4) is 0 Å². The summed E-state index contributed by atoms with van der Waals surface area (Å²) in [7, 11) is 1.36. The number of carbonyl (C=O) groups is 1. The number of ether oxygens (including phenoxy) is 1. The Kier molecular flexibility index (Phi) is 3.12. The molecule has 0 unspecified atom stereocenters. The molecule has 1 aromatic heterocycles. The third kappa shape index (κ3) is 2.04. The lowest BCUT2D eigenvalue weighted by Gasteiger charge is -2.09. The Morgan fingerprint density at radius 3 is 2.90 bits per heavy atom. The van der Waals surface area contributed by atoms with Crippen LogP contribution in [0.25, 0.3) is 11.3 Å². The smallest absolute Gasteiger partial charge is 0.319 e. The van der Waals surface area contributed by atoms with Crippen LogP contribution >= 0.6 is 15.9 Å². The number of nitrogens with one attached hydrogen (secondary N) is 1. The Morgan fingerprint density at radius 2 is 2.25 bits per heavy atom. The second-order valence-electron chi connectivity index (χ2n) is 4.84. The monoisotopic (exact) mass is 338 g/mol. The topological polar surface area (TPSA) is 55.0 Å². The van der Waals surface area contributed by atoms with Crippen molar-refractivity contribution in [3.05, 3.63) is 40.5 Å². The maximum absolute atomic E-state index is 13.8. The number of imidazole rings is 1. The van der Waals surface area contributed by atoms with Gasteiger partial charge in [-0.15, -0.1) is 0 Å². The molecule has 1 aliphatic rings. The van der Waals surface area contributed by atoms with Crippen molar-refractivity contribution in [2.75, 3.05) is 7.11 Å². The number of aromatic nitrogens is 2. The molecule has 0 bridgehead atoms. The third-order valence-corrected chi connectivity index (χ3v) is 4.07. The molecule has 1 heterocycles. The molecule has 0 atom stereocenters. The van der Waals surface area contributed by atoms with Crippen LogP contribution in [0.5, 0.6) is 0 Å². The first-order valence-corrected chi connectivity index (χ1v) is 6.95. The predicted molar refractivity (Wildman–Crippen MR) is 74.6 cm³/mol. The zero-order valence-electron chi connectivity index (χ0n) is 10.7. The van der Waals surface area contributed by atoms with Crippen molar-refractivity contribution in [1.29, 1.82) is 0 Å². The second kappa shape index (κ2) is 4.70. The highest BCUT2D eigenvalue weighted by atomic mass is 79.9. The van der Waals surface area contributed by atoms with E-state index in [2.05, 4.69) is 25.9 Å². The number of H-pyrrole nitrogens is 1. The number of carbonyl (C=O) groups excluding carboxylic acids is 1. The Balaban J connectivity index is 1.99. The fourth-order valence-corrected chi connectivity index (χ4v) is 2.62. The summed E-state index contributed by atoms with van der Waals surface area (Å²) in [6.45, 7) is 0. The number of aromatic amines is 1. The van der Waals surface area contributed by atoms with Gasteiger partial charge in [0.15, 0.2) is 0 Å². The van der Waals surface area contributed by atoms with Gasteiger partial charge in [-0.1, -0.05) is 15.9 Å². The zero-order chi connectivity index (χ0) is 14.3. The van der Waals surface area contributed by atoms with Gasteiger partial charge in [0.1, 0.15) is 17.1 Å². The summed E-state index contributed by atoms with van der Waals surface area (Å²) in [6, 6.07) is 4.68. The molecule has 1 aromatic carbocycles. The van der Waals surface area contributed by atoms with E-state index in [0.717, 1.165) is 4.47 Å². The molecule has 3 rings (SSSR count). The van der Waals surface area contributed by atoms with Crippen LogP contribution in [0, 0.1) is 5.82 Å². The van der Waals surface area contributed by atoms with Crippen LogP contribution in [0.15, 0.2) is 28.9 Å². The number of halogens is 2. The molecule has 0 aliphatic heterocycles. The average Bonchev–Trinajstić information content (AvgIpc) is 3.11. The van der Waals surface area contributed by atoms with Gasteiger partial charge in [0.05, 0.1) is 19.0 Å². The first-order chi connectivity index (χ1) is 9.56. The first kappa shape index (κ1) is 13.3. The lowest BCUT2D eigenvalue weighted by atomic mass is 10.1. The average molecular weight is 339 g/mol. The summed E-state index contributed by atoms with van der Waals surface area (Å²) in [5, 5.41) is 0. The summed E-state index contributed by atoms with van der Waals surface area (Å²) in [5.41, 5.74) is 0.294. The van der Waals surface area contributed by atoms with Gasteiger partial charge in [0, 0.05) is 10.0 Å². The number of esters is 1. The van der Waals surface area contributed by atoms with Crippen molar-refractivity contribution in [3.8, 4) is 11.3 Å². The van der Waals surface area contributed by atoms with E-state index in [-0.39, 0.29) is 11.8 Å². The summed E-state index contributed by atoms with van der Waals surface area (Å²) < 4.78 is 19.4. The van der Waals surface area contributed by atoms with Crippen molar-refractivity contribution in [1.82, 2.24) is 9.97 Å². The molecule has 0 spiro atoms. The summed E-state index contributed by atoms with van der Waals surface area (Å²) in [5.74, 6) is -0.0989. The number of hydrogen-bond acceptors (Lipinski definition) is 3. The van der Waals surface area contributed by atoms with Gasteiger partial charge in [-0.25, -0.2) is 9.37 Å². The number of benzene rings is 1. The van der Waals surface area contributed by atoms with Crippen molar-refractivity contribution in [3.63, 3.8) is 0 Å². The van der Waals surface area contributed by atoms with Crippen LogP contribution in [-0.2, 0) is 14.9 Å². The van der Waals surface area contributed by atoms with Crippen LogP contribution in [0.4, 0.5) is 4.39 Å². The van der Waals surface area contributed by atoms with Crippen molar-refractivity contribution >= 4 is 21.9 Å². The number of nitrogens with zero attached hydrogens (tertiary/aromatic N) is 1. The molecule has 1 aliphatic carbocycles. The van der Waals surface area contributed by atoms with E-state index in [1.165, 1.54) is 13.2 Å².